The second-order valence-corrected chi connectivity index (χ2v) is 7.58. The number of anilines is 1. The van der Waals surface area contributed by atoms with Gasteiger partial charge in [0.2, 0.25) is 5.91 Å². The molecule has 5 heteroatoms. The van der Waals surface area contributed by atoms with Gasteiger partial charge in [-0.25, -0.2) is 4.79 Å². The molecule has 0 saturated carbocycles. The molecule has 26 heavy (non-hydrogen) atoms. The first-order valence-corrected chi connectivity index (χ1v) is 9.92. The van der Waals surface area contributed by atoms with Gasteiger partial charge in [-0.15, -0.1) is 0 Å². The number of piperidine rings is 1. The highest BCUT2D eigenvalue weighted by molar-refractivity contribution is 5.89. The molecule has 1 fully saturated rings. The van der Waals surface area contributed by atoms with Crippen molar-refractivity contribution < 1.29 is 9.59 Å². The summed E-state index contributed by atoms with van der Waals surface area (Å²) in [6.07, 6.45) is 5.49. The Bertz CT molecular complexity index is 583. The summed E-state index contributed by atoms with van der Waals surface area (Å²) >= 11 is 0. The lowest BCUT2D eigenvalue weighted by molar-refractivity contribution is -0.124. The Balaban J connectivity index is 1.81. The SMILES string of the molecule is CCCCc1ccc(NC(=O)N2CCC[C@@H](CNC(=O)C(C)C)C2)cc1. The smallest absolute Gasteiger partial charge is 0.321 e. The van der Waals surface area contributed by atoms with E-state index in [2.05, 4.69) is 29.7 Å². The first kappa shape index (κ1) is 20.3. The second kappa shape index (κ2) is 10.2. The number of carbonyl (C=O) groups excluding carboxylic acids is 2. The van der Waals surface area contributed by atoms with Crippen LogP contribution in [0, 0.1) is 11.8 Å². The lowest BCUT2D eigenvalue weighted by atomic mass is 9.98. The van der Waals surface area contributed by atoms with E-state index < -0.39 is 0 Å². The molecule has 0 aromatic heterocycles. The molecule has 0 bridgehead atoms. The number of unbranched alkanes of at least 4 members (excludes halogenated alkanes) is 1. The van der Waals surface area contributed by atoms with Crippen molar-refractivity contribution in [2.24, 2.45) is 11.8 Å². The summed E-state index contributed by atoms with van der Waals surface area (Å²) in [7, 11) is 0. The van der Waals surface area contributed by atoms with Crippen molar-refractivity contribution in [3.8, 4) is 0 Å². The highest BCUT2D eigenvalue weighted by Gasteiger charge is 2.24. The Morgan fingerprint density at radius 3 is 2.62 bits per heavy atom. The number of hydrogen-bond donors (Lipinski definition) is 2. The molecule has 2 rings (SSSR count). The lowest BCUT2D eigenvalue weighted by Gasteiger charge is -2.33. The van der Waals surface area contributed by atoms with Crippen LogP contribution in [0.4, 0.5) is 10.5 Å². The predicted molar refractivity (Wildman–Crippen MR) is 106 cm³/mol. The van der Waals surface area contributed by atoms with E-state index in [0.29, 0.717) is 19.0 Å². The molecule has 1 aromatic carbocycles. The molecule has 0 unspecified atom stereocenters. The van der Waals surface area contributed by atoms with Crippen LogP contribution in [-0.2, 0) is 11.2 Å². The number of aryl methyl sites for hydroxylation is 1. The number of likely N-dealkylation sites (tertiary alicyclic amines) is 1. The van der Waals surface area contributed by atoms with E-state index in [0.717, 1.165) is 31.5 Å². The Kier molecular flexibility index (Phi) is 7.95. The standard InChI is InChI=1S/C21H33N3O2/c1-4-5-7-17-9-11-19(12-10-17)23-21(26)24-13-6-8-18(15-24)14-22-20(25)16(2)3/h9-12,16,18H,4-8,13-15H2,1-3H3,(H,22,25)(H,23,26)/t18-/m0/s1. The van der Waals surface area contributed by atoms with Crippen molar-refractivity contribution in [1.29, 1.82) is 0 Å². The Morgan fingerprint density at radius 2 is 1.96 bits per heavy atom. The van der Waals surface area contributed by atoms with Crippen LogP contribution >= 0.6 is 0 Å². The summed E-state index contributed by atoms with van der Waals surface area (Å²) in [5, 5.41) is 5.98. The minimum absolute atomic E-state index is 0.00158. The largest absolute Gasteiger partial charge is 0.356 e. The van der Waals surface area contributed by atoms with Gasteiger partial charge in [-0.3, -0.25) is 4.79 Å². The van der Waals surface area contributed by atoms with E-state index in [1.807, 2.05) is 30.9 Å². The molecular formula is C21H33N3O2. The zero-order valence-electron chi connectivity index (χ0n) is 16.4. The Hall–Kier alpha value is -2.04. The molecular weight excluding hydrogens is 326 g/mol. The number of carbonyl (C=O) groups is 2. The van der Waals surface area contributed by atoms with Gasteiger partial charge in [-0.05, 0) is 49.3 Å². The topological polar surface area (TPSA) is 61.4 Å². The van der Waals surface area contributed by atoms with Gasteiger partial charge in [0.05, 0.1) is 0 Å². The van der Waals surface area contributed by atoms with Gasteiger partial charge in [-0.2, -0.15) is 0 Å². The zero-order valence-corrected chi connectivity index (χ0v) is 16.4. The molecule has 1 atom stereocenters. The van der Waals surface area contributed by atoms with Gasteiger partial charge in [0.15, 0.2) is 0 Å². The van der Waals surface area contributed by atoms with Gasteiger partial charge in [0.1, 0.15) is 0 Å². The van der Waals surface area contributed by atoms with Crippen LogP contribution in [0.25, 0.3) is 0 Å². The van der Waals surface area contributed by atoms with Crippen molar-refractivity contribution in [1.82, 2.24) is 10.2 Å². The van der Waals surface area contributed by atoms with E-state index in [4.69, 9.17) is 0 Å². The van der Waals surface area contributed by atoms with Crippen LogP contribution in [0.1, 0.15) is 52.0 Å². The quantitative estimate of drug-likeness (QED) is 0.772. The molecule has 144 valence electrons. The van der Waals surface area contributed by atoms with Gasteiger partial charge in [0.25, 0.3) is 0 Å². The molecule has 1 aromatic rings. The van der Waals surface area contributed by atoms with Crippen LogP contribution < -0.4 is 10.6 Å². The number of urea groups is 1. The van der Waals surface area contributed by atoms with E-state index in [9.17, 15) is 9.59 Å². The molecule has 0 aliphatic carbocycles. The maximum atomic E-state index is 12.5. The van der Waals surface area contributed by atoms with E-state index >= 15 is 0 Å². The van der Waals surface area contributed by atoms with Gasteiger partial charge in [-0.1, -0.05) is 39.3 Å². The lowest BCUT2D eigenvalue weighted by Crippen LogP contribution is -2.45. The van der Waals surface area contributed by atoms with Gasteiger partial charge in [0, 0.05) is 31.2 Å². The minimum Gasteiger partial charge on any atom is -0.356 e. The number of amides is 3. The van der Waals surface area contributed by atoms with E-state index in [1.54, 1.807) is 0 Å². The number of benzene rings is 1. The van der Waals surface area contributed by atoms with Crippen LogP contribution in [0.15, 0.2) is 24.3 Å². The van der Waals surface area contributed by atoms with Crippen molar-refractivity contribution in [3.05, 3.63) is 29.8 Å². The fourth-order valence-corrected chi connectivity index (χ4v) is 3.20. The average molecular weight is 360 g/mol. The van der Waals surface area contributed by atoms with Gasteiger partial charge < -0.3 is 15.5 Å². The molecule has 5 nitrogen and oxygen atoms in total. The maximum Gasteiger partial charge on any atom is 0.321 e. The summed E-state index contributed by atoms with van der Waals surface area (Å²) < 4.78 is 0. The summed E-state index contributed by atoms with van der Waals surface area (Å²) in [6.45, 7) is 8.09. The van der Waals surface area contributed by atoms with Crippen LogP contribution in [0.3, 0.4) is 0 Å². The van der Waals surface area contributed by atoms with Crippen molar-refractivity contribution in [3.63, 3.8) is 0 Å². The minimum atomic E-state index is -0.0498. The average Bonchev–Trinajstić information content (AvgIpc) is 2.65. The molecule has 0 spiro atoms. The Morgan fingerprint density at radius 1 is 1.23 bits per heavy atom. The molecule has 1 aliphatic rings. The fraction of sp³-hybridized carbons (Fsp3) is 0.619. The maximum absolute atomic E-state index is 12.5. The summed E-state index contributed by atoms with van der Waals surface area (Å²) in [5.74, 6) is 0.404. The molecule has 0 radical (unpaired) electrons. The highest BCUT2D eigenvalue weighted by atomic mass is 16.2. The molecule has 1 saturated heterocycles. The number of nitrogens with zero attached hydrogens (tertiary/aromatic N) is 1. The Labute approximate surface area is 157 Å². The van der Waals surface area contributed by atoms with Gasteiger partial charge >= 0.3 is 6.03 Å². The number of nitrogens with one attached hydrogen (secondary N) is 2. The first-order valence-electron chi connectivity index (χ1n) is 9.92. The van der Waals surface area contributed by atoms with Crippen LogP contribution in [0.5, 0.6) is 0 Å². The van der Waals surface area contributed by atoms with Crippen LogP contribution in [0.2, 0.25) is 0 Å². The predicted octanol–water partition coefficient (Wildman–Crippen LogP) is 4.05. The first-order chi connectivity index (χ1) is 12.5. The molecule has 1 aliphatic heterocycles. The van der Waals surface area contributed by atoms with Crippen LogP contribution in [-0.4, -0.2) is 36.5 Å². The third-order valence-corrected chi connectivity index (χ3v) is 4.92. The molecule has 3 amide bonds. The molecule has 2 N–H and O–H groups in total. The monoisotopic (exact) mass is 359 g/mol. The second-order valence-electron chi connectivity index (χ2n) is 7.58. The van der Waals surface area contributed by atoms with E-state index in [1.165, 1.54) is 18.4 Å². The number of hydrogen-bond acceptors (Lipinski definition) is 2. The highest BCUT2D eigenvalue weighted by Crippen LogP contribution is 2.18. The van der Waals surface area contributed by atoms with E-state index in [-0.39, 0.29) is 17.9 Å². The zero-order chi connectivity index (χ0) is 18.9. The third-order valence-electron chi connectivity index (χ3n) is 4.92. The normalized spacial score (nSPS) is 17.2. The number of rotatable bonds is 7. The summed E-state index contributed by atoms with van der Waals surface area (Å²) in [5.41, 5.74) is 2.15. The third kappa shape index (κ3) is 6.36. The summed E-state index contributed by atoms with van der Waals surface area (Å²) in [4.78, 5) is 26.1. The fourth-order valence-electron chi connectivity index (χ4n) is 3.20. The summed E-state index contributed by atoms with van der Waals surface area (Å²) in [6, 6.07) is 8.09. The van der Waals surface area contributed by atoms with Crippen molar-refractivity contribution in [2.75, 3.05) is 25.0 Å². The van der Waals surface area contributed by atoms with Crippen molar-refractivity contribution >= 4 is 17.6 Å². The molecule has 1 heterocycles. The van der Waals surface area contributed by atoms with Crippen molar-refractivity contribution in [2.45, 2.75) is 52.9 Å².